The largest absolute Gasteiger partial charge is 0.494 e. The van der Waals surface area contributed by atoms with Crippen LogP contribution in [0, 0.1) is 11.7 Å². The molecule has 0 amide bonds. The molecule has 2 rings (SSSR count). The number of hydrogen-bond donors (Lipinski definition) is 1. The molecule has 2 nitrogen and oxygen atoms in total. The number of nitrogens with one attached hydrogen (secondary N) is 1. The molecule has 1 saturated heterocycles. The molecule has 0 aromatic heterocycles. The van der Waals surface area contributed by atoms with E-state index in [-0.39, 0.29) is 11.9 Å². The molecule has 0 saturated carbocycles. The number of benzene rings is 1. The smallest absolute Gasteiger partial charge is 0.169 e. The molecule has 0 radical (unpaired) electrons. The van der Waals surface area contributed by atoms with Crippen molar-refractivity contribution in [2.75, 3.05) is 13.7 Å². The predicted molar refractivity (Wildman–Crippen MR) is 66.7 cm³/mol. The molecule has 17 heavy (non-hydrogen) atoms. The fraction of sp³-hybridized carbons (Fsp3) is 0.571. The summed E-state index contributed by atoms with van der Waals surface area (Å²) in [6.45, 7) is 3.18. The van der Waals surface area contributed by atoms with Gasteiger partial charge in [-0.1, -0.05) is 25.5 Å². The van der Waals surface area contributed by atoms with Gasteiger partial charge >= 0.3 is 0 Å². The van der Waals surface area contributed by atoms with Crippen LogP contribution < -0.4 is 10.1 Å². The van der Waals surface area contributed by atoms with E-state index < -0.39 is 0 Å². The third kappa shape index (κ3) is 2.60. The molecule has 1 fully saturated rings. The molecule has 0 spiro atoms. The highest BCUT2D eigenvalue weighted by molar-refractivity contribution is 5.33. The Kier molecular flexibility index (Phi) is 4.00. The van der Waals surface area contributed by atoms with E-state index in [0.717, 1.165) is 18.5 Å². The number of ether oxygens (including phenoxy) is 1. The Morgan fingerprint density at radius 3 is 3.00 bits per heavy atom. The minimum atomic E-state index is -0.218. The molecule has 1 aliphatic rings. The zero-order valence-electron chi connectivity index (χ0n) is 10.5. The third-order valence-corrected chi connectivity index (χ3v) is 3.68. The second kappa shape index (κ2) is 5.50. The van der Waals surface area contributed by atoms with E-state index in [1.54, 1.807) is 6.07 Å². The highest BCUT2D eigenvalue weighted by atomic mass is 19.1. The lowest BCUT2D eigenvalue weighted by atomic mass is 9.87. The summed E-state index contributed by atoms with van der Waals surface area (Å²) >= 11 is 0. The number of hydrogen-bond acceptors (Lipinski definition) is 2. The second-order valence-electron chi connectivity index (χ2n) is 4.67. The van der Waals surface area contributed by atoms with Crippen LogP contribution in [0.2, 0.25) is 0 Å². The van der Waals surface area contributed by atoms with Crippen molar-refractivity contribution in [3.63, 3.8) is 0 Å². The molecular weight excluding hydrogens is 217 g/mol. The monoisotopic (exact) mass is 237 g/mol. The summed E-state index contributed by atoms with van der Waals surface area (Å²) in [5.41, 5.74) is 0.738. The highest BCUT2D eigenvalue weighted by Gasteiger charge is 2.24. The van der Waals surface area contributed by atoms with Gasteiger partial charge in [0.25, 0.3) is 0 Å². The van der Waals surface area contributed by atoms with Gasteiger partial charge in [0.2, 0.25) is 0 Å². The summed E-state index contributed by atoms with van der Waals surface area (Å²) < 4.78 is 19.2. The molecule has 1 aromatic rings. The lowest BCUT2D eigenvalue weighted by Gasteiger charge is -2.30. The number of piperidine rings is 1. The predicted octanol–water partition coefficient (Wildman–Crippen LogP) is 3.29. The van der Waals surface area contributed by atoms with Crippen molar-refractivity contribution in [3.05, 3.63) is 29.6 Å². The molecule has 94 valence electrons. The average molecular weight is 237 g/mol. The van der Waals surface area contributed by atoms with Gasteiger partial charge in [-0.25, -0.2) is 4.39 Å². The van der Waals surface area contributed by atoms with Crippen LogP contribution in [-0.4, -0.2) is 13.7 Å². The van der Waals surface area contributed by atoms with Crippen molar-refractivity contribution in [1.82, 2.24) is 5.32 Å². The Balaban J connectivity index is 2.21. The Morgan fingerprint density at radius 1 is 1.47 bits per heavy atom. The molecule has 1 aromatic carbocycles. The van der Waals surface area contributed by atoms with Gasteiger partial charge in [0.1, 0.15) is 0 Å². The molecule has 2 unspecified atom stereocenters. The summed E-state index contributed by atoms with van der Waals surface area (Å²) in [5, 5.41) is 3.40. The number of methoxy groups -OCH3 is 1. The van der Waals surface area contributed by atoms with Gasteiger partial charge in [-0.15, -0.1) is 0 Å². The van der Waals surface area contributed by atoms with E-state index in [2.05, 4.69) is 12.2 Å². The highest BCUT2D eigenvalue weighted by Crippen LogP contribution is 2.32. The van der Waals surface area contributed by atoms with Crippen LogP contribution in [0.1, 0.15) is 37.8 Å². The SMILES string of the molecule is CCC1CCNC(c2cccc(OC)c2F)C1. The fourth-order valence-corrected chi connectivity index (χ4v) is 2.56. The quantitative estimate of drug-likeness (QED) is 0.871. The first kappa shape index (κ1) is 12.4. The Bertz CT molecular complexity index is 380. The standard InChI is InChI=1S/C14H20FNO/c1-3-10-7-8-16-12(9-10)11-5-4-6-13(17-2)14(11)15/h4-6,10,12,16H,3,7-9H2,1-2H3. The van der Waals surface area contributed by atoms with Gasteiger partial charge in [-0.2, -0.15) is 0 Å². The van der Waals surface area contributed by atoms with E-state index in [1.165, 1.54) is 20.0 Å². The fourth-order valence-electron chi connectivity index (χ4n) is 2.56. The van der Waals surface area contributed by atoms with Crippen molar-refractivity contribution in [2.24, 2.45) is 5.92 Å². The first-order valence-corrected chi connectivity index (χ1v) is 6.32. The summed E-state index contributed by atoms with van der Waals surface area (Å²) in [6.07, 6.45) is 3.38. The van der Waals surface area contributed by atoms with Gasteiger partial charge in [0.15, 0.2) is 11.6 Å². The summed E-state index contributed by atoms with van der Waals surface area (Å²) in [7, 11) is 1.51. The van der Waals surface area contributed by atoms with Gasteiger partial charge in [0, 0.05) is 11.6 Å². The van der Waals surface area contributed by atoms with Gasteiger partial charge in [0.05, 0.1) is 7.11 Å². The van der Waals surface area contributed by atoms with Gasteiger partial charge in [-0.3, -0.25) is 0 Å². The third-order valence-electron chi connectivity index (χ3n) is 3.68. The topological polar surface area (TPSA) is 21.3 Å². The molecular formula is C14H20FNO. The normalized spacial score (nSPS) is 24.6. The molecule has 0 bridgehead atoms. The van der Waals surface area contributed by atoms with E-state index in [1.807, 2.05) is 12.1 Å². The van der Waals surface area contributed by atoms with Crippen LogP contribution in [0.5, 0.6) is 5.75 Å². The lowest BCUT2D eigenvalue weighted by Crippen LogP contribution is -2.32. The van der Waals surface area contributed by atoms with Crippen molar-refractivity contribution in [2.45, 2.75) is 32.2 Å². The van der Waals surface area contributed by atoms with Crippen LogP contribution in [0.25, 0.3) is 0 Å². The maximum atomic E-state index is 14.1. The van der Waals surface area contributed by atoms with E-state index >= 15 is 0 Å². The van der Waals surface area contributed by atoms with Crippen LogP contribution in [0.3, 0.4) is 0 Å². The van der Waals surface area contributed by atoms with E-state index in [4.69, 9.17) is 4.74 Å². The van der Waals surface area contributed by atoms with Crippen molar-refractivity contribution in [1.29, 1.82) is 0 Å². The maximum absolute atomic E-state index is 14.1. The van der Waals surface area contributed by atoms with Gasteiger partial charge in [-0.05, 0) is 31.4 Å². The van der Waals surface area contributed by atoms with Crippen molar-refractivity contribution in [3.8, 4) is 5.75 Å². The maximum Gasteiger partial charge on any atom is 0.169 e. The molecule has 0 aliphatic carbocycles. The molecule has 3 heteroatoms. The first-order valence-electron chi connectivity index (χ1n) is 6.32. The molecule has 2 atom stereocenters. The lowest BCUT2D eigenvalue weighted by molar-refractivity contribution is 0.291. The van der Waals surface area contributed by atoms with E-state index in [9.17, 15) is 4.39 Å². The van der Waals surface area contributed by atoms with Crippen LogP contribution in [-0.2, 0) is 0 Å². The zero-order valence-corrected chi connectivity index (χ0v) is 10.5. The first-order chi connectivity index (χ1) is 8.26. The van der Waals surface area contributed by atoms with E-state index in [0.29, 0.717) is 11.7 Å². The minimum absolute atomic E-state index is 0.129. The van der Waals surface area contributed by atoms with Crippen LogP contribution >= 0.6 is 0 Å². The van der Waals surface area contributed by atoms with Crippen molar-refractivity contribution < 1.29 is 9.13 Å². The van der Waals surface area contributed by atoms with Crippen LogP contribution in [0.15, 0.2) is 18.2 Å². The Morgan fingerprint density at radius 2 is 2.29 bits per heavy atom. The molecule has 1 aliphatic heterocycles. The summed E-state index contributed by atoms with van der Waals surface area (Å²) in [4.78, 5) is 0. The summed E-state index contributed by atoms with van der Waals surface area (Å²) in [6, 6.07) is 5.50. The van der Waals surface area contributed by atoms with Crippen LogP contribution in [0.4, 0.5) is 4.39 Å². The minimum Gasteiger partial charge on any atom is -0.494 e. The zero-order chi connectivity index (χ0) is 12.3. The van der Waals surface area contributed by atoms with Crippen molar-refractivity contribution >= 4 is 0 Å². The summed E-state index contributed by atoms with van der Waals surface area (Å²) in [5.74, 6) is 0.819. The number of halogens is 1. The molecule has 1 N–H and O–H groups in total. The Hall–Kier alpha value is -1.09. The second-order valence-corrected chi connectivity index (χ2v) is 4.67. The number of rotatable bonds is 3. The Labute approximate surface area is 102 Å². The van der Waals surface area contributed by atoms with Gasteiger partial charge < -0.3 is 10.1 Å². The average Bonchev–Trinajstić information content (AvgIpc) is 2.39. The molecule has 1 heterocycles.